The van der Waals surface area contributed by atoms with Gasteiger partial charge in [-0.1, -0.05) is 13.8 Å². The first-order valence-corrected chi connectivity index (χ1v) is 10.4. The number of ether oxygens (including phenoxy) is 2. The van der Waals surface area contributed by atoms with Gasteiger partial charge in [0.25, 0.3) is 5.91 Å². The topological polar surface area (TPSA) is 104 Å². The summed E-state index contributed by atoms with van der Waals surface area (Å²) in [6, 6.07) is 6.94. The Morgan fingerprint density at radius 2 is 2.00 bits per heavy atom. The van der Waals surface area contributed by atoms with Gasteiger partial charge in [0.15, 0.2) is 6.61 Å². The van der Waals surface area contributed by atoms with E-state index in [1.807, 2.05) is 5.38 Å². The highest BCUT2D eigenvalue weighted by atomic mass is 32.1. The molecule has 30 heavy (non-hydrogen) atoms. The summed E-state index contributed by atoms with van der Waals surface area (Å²) in [5, 5.41) is 12.6. The number of rotatable bonds is 9. The van der Waals surface area contributed by atoms with Gasteiger partial charge in [-0.2, -0.15) is 0 Å². The van der Waals surface area contributed by atoms with E-state index in [-0.39, 0.29) is 19.1 Å². The summed E-state index contributed by atoms with van der Waals surface area (Å²) in [5.41, 5.74) is 2.05. The molecular formula is C21H23N3O5S. The second kappa shape index (κ2) is 10.0. The van der Waals surface area contributed by atoms with Gasteiger partial charge in [0.1, 0.15) is 10.8 Å². The molecule has 0 unspecified atom stereocenters. The van der Waals surface area contributed by atoms with Gasteiger partial charge in [-0.3, -0.25) is 4.79 Å². The van der Waals surface area contributed by atoms with Crippen LogP contribution in [0.25, 0.3) is 11.5 Å². The number of carbonyl (C=O) groups is 2. The van der Waals surface area contributed by atoms with Crippen molar-refractivity contribution in [3.63, 3.8) is 0 Å². The Morgan fingerprint density at radius 1 is 1.23 bits per heavy atom. The number of thiophene rings is 1. The van der Waals surface area contributed by atoms with E-state index in [1.165, 1.54) is 17.7 Å². The van der Waals surface area contributed by atoms with E-state index in [0.717, 1.165) is 17.5 Å². The van der Waals surface area contributed by atoms with Gasteiger partial charge in [-0.25, -0.2) is 4.79 Å². The maximum Gasteiger partial charge on any atom is 0.341 e. The maximum atomic E-state index is 12.4. The summed E-state index contributed by atoms with van der Waals surface area (Å²) in [6.07, 6.45) is 1.98. The molecule has 0 saturated heterocycles. The van der Waals surface area contributed by atoms with Crippen LogP contribution in [0.1, 0.15) is 36.7 Å². The van der Waals surface area contributed by atoms with E-state index in [2.05, 4.69) is 29.4 Å². The molecular weight excluding hydrogens is 406 g/mol. The van der Waals surface area contributed by atoms with Crippen molar-refractivity contribution in [1.29, 1.82) is 0 Å². The quantitative estimate of drug-likeness (QED) is 0.509. The van der Waals surface area contributed by atoms with E-state index in [0.29, 0.717) is 28.1 Å². The van der Waals surface area contributed by atoms with Crippen LogP contribution in [-0.4, -0.2) is 35.3 Å². The molecule has 2 heterocycles. The zero-order chi connectivity index (χ0) is 21.5. The average Bonchev–Trinajstić information content (AvgIpc) is 3.37. The zero-order valence-electron chi connectivity index (χ0n) is 17.0. The second-order valence-corrected chi connectivity index (χ2v) is 7.77. The number of benzene rings is 1. The van der Waals surface area contributed by atoms with E-state index >= 15 is 0 Å². The molecule has 3 aromatic rings. The van der Waals surface area contributed by atoms with Crippen LogP contribution < -0.4 is 10.1 Å². The lowest BCUT2D eigenvalue weighted by Crippen LogP contribution is -2.21. The average molecular weight is 429 g/mol. The van der Waals surface area contributed by atoms with Crippen LogP contribution in [0.4, 0.5) is 5.00 Å². The fraction of sp³-hybridized carbons (Fsp3) is 0.333. The first-order chi connectivity index (χ1) is 14.5. The fourth-order valence-electron chi connectivity index (χ4n) is 2.81. The summed E-state index contributed by atoms with van der Waals surface area (Å²) < 4.78 is 15.8. The van der Waals surface area contributed by atoms with Crippen LogP contribution in [0.15, 0.2) is 40.5 Å². The molecule has 0 aliphatic carbocycles. The molecule has 0 spiro atoms. The van der Waals surface area contributed by atoms with E-state index in [4.69, 9.17) is 13.9 Å². The number of amides is 1. The molecule has 158 valence electrons. The number of aromatic nitrogens is 2. The third-order valence-electron chi connectivity index (χ3n) is 4.06. The van der Waals surface area contributed by atoms with Crippen molar-refractivity contribution in [2.45, 2.75) is 27.2 Å². The lowest BCUT2D eigenvalue weighted by Gasteiger charge is -2.10. The highest BCUT2D eigenvalue weighted by Crippen LogP contribution is 2.31. The highest BCUT2D eigenvalue weighted by molar-refractivity contribution is 7.15. The summed E-state index contributed by atoms with van der Waals surface area (Å²) in [6.45, 7) is 5.97. The van der Waals surface area contributed by atoms with Crippen LogP contribution in [0.5, 0.6) is 5.75 Å². The molecule has 9 heteroatoms. The fourth-order valence-corrected chi connectivity index (χ4v) is 3.79. The Morgan fingerprint density at radius 3 is 2.63 bits per heavy atom. The molecule has 3 rings (SSSR count). The normalized spacial score (nSPS) is 10.8. The Kier molecular flexibility index (Phi) is 7.18. The minimum absolute atomic E-state index is 0.195. The third kappa shape index (κ3) is 5.44. The third-order valence-corrected chi connectivity index (χ3v) is 5.00. The molecule has 8 nitrogen and oxygen atoms in total. The van der Waals surface area contributed by atoms with Crippen LogP contribution in [0.3, 0.4) is 0 Å². The van der Waals surface area contributed by atoms with Crippen molar-refractivity contribution < 1.29 is 23.5 Å². The maximum absolute atomic E-state index is 12.4. The van der Waals surface area contributed by atoms with Gasteiger partial charge in [-0.05, 0) is 54.5 Å². The molecule has 0 bridgehead atoms. The predicted molar refractivity (Wildman–Crippen MR) is 113 cm³/mol. The molecule has 0 radical (unpaired) electrons. The Bertz CT molecular complexity index is 981. The minimum Gasteiger partial charge on any atom is -0.484 e. The SMILES string of the molecule is CCOC(=O)c1c(CC(C)C)csc1NC(=O)COc1ccc(-c2nnco2)cc1. The first-order valence-electron chi connectivity index (χ1n) is 9.54. The molecule has 0 aliphatic heterocycles. The minimum atomic E-state index is -0.428. The molecule has 1 amide bonds. The highest BCUT2D eigenvalue weighted by Gasteiger charge is 2.22. The Hall–Kier alpha value is -3.20. The van der Waals surface area contributed by atoms with E-state index < -0.39 is 5.97 Å². The standard InChI is InChI=1S/C21H23N3O5S/c1-4-27-21(26)18-15(9-13(2)3)11-30-20(18)23-17(25)10-28-16-7-5-14(6-8-16)19-24-22-12-29-19/h5-8,11-13H,4,9-10H2,1-3H3,(H,23,25). The molecule has 0 fully saturated rings. The van der Waals surface area contributed by atoms with Crippen molar-refractivity contribution in [3.8, 4) is 17.2 Å². The van der Waals surface area contributed by atoms with E-state index in [1.54, 1.807) is 31.2 Å². The Balaban J connectivity index is 1.63. The number of hydrogen-bond acceptors (Lipinski definition) is 8. The number of carbonyl (C=O) groups excluding carboxylic acids is 2. The Labute approximate surface area is 178 Å². The predicted octanol–water partition coefficient (Wildman–Crippen LogP) is 4.19. The number of nitrogens with zero attached hydrogens (tertiary/aromatic N) is 2. The largest absolute Gasteiger partial charge is 0.484 e. The van der Waals surface area contributed by atoms with E-state index in [9.17, 15) is 9.59 Å². The smallest absolute Gasteiger partial charge is 0.341 e. The summed E-state index contributed by atoms with van der Waals surface area (Å²) >= 11 is 1.31. The van der Waals surface area contributed by atoms with Gasteiger partial charge in [-0.15, -0.1) is 21.5 Å². The number of nitrogens with one attached hydrogen (secondary N) is 1. The molecule has 0 aliphatic rings. The van der Waals surface area contributed by atoms with Gasteiger partial charge < -0.3 is 19.2 Å². The summed E-state index contributed by atoms with van der Waals surface area (Å²) in [5.74, 6) is 0.503. The van der Waals surface area contributed by atoms with Crippen molar-refractivity contribution in [2.75, 3.05) is 18.5 Å². The van der Waals surface area contributed by atoms with Crippen LogP contribution in [0, 0.1) is 5.92 Å². The molecule has 1 N–H and O–H groups in total. The second-order valence-electron chi connectivity index (χ2n) is 6.89. The monoisotopic (exact) mass is 429 g/mol. The van der Waals surface area contributed by atoms with Gasteiger partial charge in [0, 0.05) is 5.56 Å². The molecule has 0 atom stereocenters. The molecule has 0 saturated carbocycles. The van der Waals surface area contributed by atoms with Crippen LogP contribution >= 0.6 is 11.3 Å². The van der Waals surface area contributed by atoms with Gasteiger partial charge >= 0.3 is 5.97 Å². The van der Waals surface area contributed by atoms with Crippen LogP contribution in [0.2, 0.25) is 0 Å². The summed E-state index contributed by atoms with van der Waals surface area (Å²) in [7, 11) is 0. The molecule has 1 aromatic carbocycles. The molecule has 2 aromatic heterocycles. The van der Waals surface area contributed by atoms with Gasteiger partial charge in [0.05, 0.1) is 12.2 Å². The zero-order valence-corrected chi connectivity index (χ0v) is 17.8. The number of anilines is 1. The van der Waals surface area contributed by atoms with Crippen LogP contribution in [-0.2, 0) is 16.0 Å². The van der Waals surface area contributed by atoms with Gasteiger partial charge in [0.2, 0.25) is 12.3 Å². The van der Waals surface area contributed by atoms with Crippen molar-refractivity contribution in [2.24, 2.45) is 5.92 Å². The first kappa shape index (κ1) is 21.5. The number of hydrogen-bond donors (Lipinski definition) is 1. The summed E-state index contributed by atoms with van der Waals surface area (Å²) in [4.78, 5) is 24.8. The number of esters is 1. The lowest BCUT2D eigenvalue weighted by atomic mass is 10.0. The lowest BCUT2D eigenvalue weighted by molar-refractivity contribution is -0.118. The van der Waals surface area contributed by atoms with Crippen molar-refractivity contribution in [3.05, 3.63) is 47.2 Å². The van der Waals surface area contributed by atoms with Crippen molar-refractivity contribution >= 4 is 28.2 Å². The van der Waals surface area contributed by atoms with Crippen molar-refractivity contribution in [1.82, 2.24) is 10.2 Å².